The molecule has 2 amide bonds. The van der Waals surface area contributed by atoms with E-state index in [0.717, 1.165) is 4.90 Å². The van der Waals surface area contributed by atoms with Crippen LogP contribution >= 0.6 is 0 Å². The summed E-state index contributed by atoms with van der Waals surface area (Å²) in [5, 5.41) is 0. The Bertz CT molecular complexity index is 612. The quantitative estimate of drug-likeness (QED) is 0.352. The van der Waals surface area contributed by atoms with Crippen LogP contribution in [0.3, 0.4) is 0 Å². The van der Waals surface area contributed by atoms with Gasteiger partial charge in [0.1, 0.15) is 6.61 Å². The van der Waals surface area contributed by atoms with Crippen LogP contribution in [0.15, 0.2) is 18.2 Å². The average molecular weight is 257 g/mol. The summed E-state index contributed by atoms with van der Waals surface area (Å²) in [5.74, 6) is 1.00. The molecule has 0 fully saturated rings. The number of carbonyl (C=O) groups excluding carboxylic acids is 3. The van der Waals surface area contributed by atoms with Crippen LogP contribution in [-0.4, -0.2) is 36.3 Å². The molecule has 0 aliphatic carbocycles. The molecule has 0 saturated heterocycles. The predicted molar refractivity (Wildman–Crippen MR) is 66.6 cm³/mol. The lowest BCUT2D eigenvalue weighted by molar-refractivity contribution is 0.0513. The first-order chi connectivity index (χ1) is 9.06. The molecular weight excluding hydrogens is 246 g/mol. The van der Waals surface area contributed by atoms with Crippen molar-refractivity contribution in [3.05, 3.63) is 34.9 Å². The van der Waals surface area contributed by atoms with Crippen molar-refractivity contribution in [1.29, 1.82) is 0 Å². The van der Waals surface area contributed by atoms with Crippen molar-refractivity contribution in [1.82, 2.24) is 4.90 Å². The van der Waals surface area contributed by atoms with Gasteiger partial charge in [-0.15, -0.1) is 12.3 Å². The van der Waals surface area contributed by atoms with E-state index in [9.17, 15) is 14.4 Å². The second-order valence-electron chi connectivity index (χ2n) is 4.02. The third-order valence-electron chi connectivity index (χ3n) is 2.80. The summed E-state index contributed by atoms with van der Waals surface area (Å²) in [6.45, 7) is 0.124. The van der Waals surface area contributed by atoms with Gasteiger partial charge in [-0.2, -0.15) is 0 Å². The molecule has 0 bridgehead atoms. The number of rotatable bonds is 3. The molecule has 1 aromatic carbocycles. The Balaban J connectivity index is 2.24. The second-order valence-corrected chi connectivity index (χ2v) is 4.02. The Labute approximate surface area is 110 Å². The predicted octanol–water partition coefficient (Wildman–Crippen LogP) is 1.09. The highest BCUT2D eigenvalue weighted by molar-refractivity contribution is 6.21. The molecule has 0 unspecified atom stereocenters. The number of hydrogen-bond donors (Lipinski definition) is 0. The maximum Gasteiger partial charge on any atom is 0.338 e. The lowest BCUT2D eigenvalue weighted by Gasteiger charge is -2.03. The molecule has 19 heavy (non-hydrogen) atoms. The highest BCUT2D eigenvalue weighted by Crippen LogP contribution is 2.22. The largest absolute Gasteiger partial charge is 0.461 e. The lowest BCUT2D eigenvalue weighted by atomic mass is 10.1. The molecular formula is C14H11NO4. The van der Waals surface area contributed by atoms with E-state index in [1.807, 2.05) is 0 Å². The van der Waals surface area contributed by atoms with Crippen LogP contribution in [0.25, 0.3) is 0 Å². The highest BCUT2D eigenvalue weighted by Gasteiger charge is 2.33. The van der Waals surface area contributed by atoms with Crippen LogP contribution in [0.5, 0.6) is 0 Å². The molecule has 0 radical (unpaired) electrons. The van der Waals surface area contributed by atoms with Gasteiger partial charge in [-0.25, -0.2) is 4.79 Å². The first-order valence-electron chi connectivity index (χ1n) is 5.63. The molecule has 0 N–H and O–H groups in total. The van der Waals surface area contributed by atoms with Gasteiger partial charge in [-0.05, 0) is 18.2 Å². The zero-order valence-electron chi connectivity index (χ0n) is 10.3. The van der Waals surface area contributed by atoms with Gasteiger partial charge in [-0.3, -0.25) is 14.5 Å². The Kier molecular flexibility index (Phi) is 3.34. The van der Waals surface area contributed by atoms with Crippen molar-refractivity contribution in [2.75, 3.05) is 13.7 Å². The third kappa shape index (κ3) is 2.20. The number of ether oxygens (including phenoxy) is 1. The molecule has 1 aliphatic heterocycles. The molecule has 0 aromatic heterocycles. The summed E-state index contributed by atoms with van der Waals surface area (Å²) < 4.78 is 4.93. The number of fused-ring (bicyclic) bond motifs is 1. The molecule has 5 heteroatoms. The molecule has 0 spiro atoms. The minimum absolute atomic E-state index is 0.124. The van der Waals surface area contributed by atoms with Gasteiger partial charge in [0.2, 0.25) is 0 Å². The molecule has 0 atom stereocenters. The molecule has 1 heterocycles. The van der Waals surface area contributed by atoms with Gasteiger partial charge in [0.15, 0.2) is 0 Å². The fourth-order valence-electron chi connectivity index (χ4n) is 1.77. The van der Waals surface area contributed by atoms with Crippen molar-refractivity contribution in [3.63, 3.8) is 0 Å². The average Bonchev–Trinajstić information content (AvgIpc) is 2.64. The number of nitrogens with zero attached hydrogens (tertiary/aromatic N) is 1. The maximum absolute atomic E-state index is 11.8. The topological polar surface area (TPSA) is 63.7 Å². The summed E-state index contributed by atoms with van der Waals surface area (Å²) in [7, 11) is 1.40. The third-order valence-corrected chi connectivity index (χ3v) is 2.80. The van der Waals surface area contributed by atoms with Gasteiger partial charge >= 0.3 is 5.97 Å². The summed E-state index contributed by atoms with van der Waals surface area (Å²) in [5.41, 5.74) is 0.749. The van der Waals surface area contributed by atoms with Crippen molar-refractivity contribution >= 4 is 17.8 Å². The van der Waals surface area contributed by atoms with E-state index in [0.29, 0.717) is 12.0 Å². The van der Waals surface area contributed by atoms with Crippen molar-refractivity contribution < 1.29 is 19.1 Å². The van der Waals surface area contributed by atoms with Gasteiger partial charge in [0, 0.05) is 13.5 Å². The SMILES string of the molecule is C#CCCOC(=O)c1ccc2c(c1)C(=O)N(C)C2=O. The summed E-state index contributed by atoms with van der Waals surface area (Å²) in [6.07, 6.45) is 5.38. The maximum atomic E-state index is 11.8. The van der Waals surface area contributed by atoms with E-state index < -0.39 is 11.9 Å². The van der Waals surface area contributed by atoms with Crippen LogP contribution in [0, 0.1) is 12.3 Å². The monoisotopic (exact) mass is 257 g/mol. The van der Waals surface area contributed by atoms with E-state index in [2.05, 4.69) is 5.92 Å². The second kappa shape index (κ2) is 4.94. The van der Waals surface area contributed by atoms with Crippen LogP contribution in [0.1, 0.15) is 37.5 Å². The minimum atomic E-state index is -0.562. The standard InChI is InChI=1S/C14H11NO4/c1-3-4-7-19-14(18)9-5-6-10-11(8-9)13(17)15(2)12(10)16/h1,5-6,8H,4,7H2,2H3. The summed E-state index contributed by atoms with van der Waals surface area (Å²) in [4.78, 5) is 36.1. The van der Waals surface area contributed by atoms with E-state index >= 15 is 0 Å². The zero-order valence-corrected chi connectivity index (χ0v) is 10.3. The number of benzene rings is 1. The zero-order chi connectivity index (χ0) is 14.0. The highest BCUT2D eigenvalue weighted by atomic mass is 16.5. The van der Waals surface area contributed by atoms with Gasteiger partial charge < -0.3 is 4.74 Å². The number of esters is 1. The Morgan fingerprint density at radius 3 is 2.68 bits per heavy atom. The number of amides is 2. The van der Waals surface area contributed by atoms with E-state index in [4.69, 9.17) is 11.2 Å². The molecule has 1 aromatic rings. The van der Waals surface area contributed by atoms with E-state index in [1.165, 1.54) is 25.2 Å². The Morgan fingerprint density at radius 1 is 1.32 bits per heavy atom. The Morgan fingerprint density at radius 2 is 2.00 bits per heavy atom. The summed E-state index contributed by atoms with van der Waals surface area (Å²) >= 11 is 0. The van der Waals surface area contributed by atoms with Crippen LogP contribution < -0.4 is 0 Å². The fourth-order valence-corrected chi connectivity index (χ4v) is 1.77. The number of hydrogen-bond acceptors (Lipinski definition) is 4. The van der Waals surface area contributed by atoms with Gasteiger partial charge in [0.05, 0.1) is 16.7 Å². The Hall–Kier alpha value is -2.61. The molecule has 0 saturated carbocycles. The van der Waals surface area contributed by atoms with Crippen molar-refractivity contribution in [2.24, 2.45) is 0 Å². The normalized spacial score (nSPS) is 13.2. The van der Waals surface area contributed by atoms with Gasteiger partial charge in [0.25, 0.3) is 11.8 Å². The van der Waals surface area contributed by atoms with Crippen LogP contribution in [-0.2, 0) is 4.74 Å². The van der Waals surface area contributed by atoms with Crippen molar-refractivity contribution in [3.8, 4) is 12.3 Å². The molecule has 1 aliphatic rings. The van der Waals surface area contributed by atoms with E-state index in [-0.39, 0.29) is 23.6 Å². The van der Waals surface area contributed by atoms with E-state index in [1.54, 1.807) is 0 Å². The van der Waals surface area contributed by atoms with Crippen LogP contribution in [0.2, 0.25) is 0 Å². The number of carbonyl (C=O) groups is 3. The minimum Gasteiger partial charge on any atom is -0.461 e. The summed E-state index contributed by atoms with van der Waals surface area (Å²) in [6, 6.07) is 4.29. The first kappa shape index (κ1) is 12.8. The molecule has 5 nitrogen and oxygen atoms in total. The first-order valence-corrected chi connectivity index (χ1v) is 5.63. The fraction of sp³-hybridized carbons (Fsp3) is 0.214. The molecule has 96 valence electrons. The van der Waals surface area contributed by atoms with Gasteiger partial charge in [-0.1, -0.05) is 0 Å². The molecule has 2 rings (SSSR count). The lowest BCUT2D eigenvalue weighted by Crippen LogP contribution is -2.24. The number of imide groups is 1. The van der Waals surface area contributed by atoms with Crippen molar-refractivity contribution in [2.45, 2.75) is 6.42 Å². The van der Waals surface area contributed by atoms with Crippen LogP contribution in [0.4, 0.5) is 0 Å². The number of terminal acetylenes is 1. The smallest absolute Gasteiger partial charge is 0.338 e.